The van der Waals surface area contributed by atoms with E-state index < -0.39 is 46.5 Å². The standard InChI is InChI=1S/C47H62N9O7SSi/c1-11-37(57)48-20-22-53(8)45(61)54(9)40(28(3)4)42(58)51-34-24-38-50-35(26-64-38)30-16-17-36-32(23-30)33(41(55(36)12-2)31-15-13-19-49-39(31)29(5)62-10)25-46(6,7)27-63-44(60)47(65)18-14-21-56(52-47)43(34)59/h11,13,15-17,19,23,26,28-29,34,40,52H,1,12,14,18,20-22,24-25,27H2,2-10H3,(H,48,57)(H,51,58)/t29-,34-,40-,47-/m0/s1. The molecule has 0 unspecified atom stereocenters. The molecule has 3 radical (unpaired) electrons. The molecule has 3 aromatic heterocycles. The number of pyridine rings is 1. The summed E-state index contributed by atoms with van der Waals surface area (Å²) in [5, 5.41) is 9.16. The van der Waals surface area contributed by atoms with Crippen LogP contribution in [0.25, 0.3) is 33.4 Å². The van der Waals surface area contributed by atoms with Gasteiger partial charge in [0.1, 0.15) is 17.2 Å². The number of hydrazine groups is 1. The van der Waals surface area contributed by atoms with E-state index in [1.165, 1.54) is 33.2 Å². The number of nitrogens with zero attached hydrogens (tertiary/aromatic N) is 6. The number of amides is 5. The Bertz CT molecular complexity index is 2430. The van der Waals surface area contributed by atoms with Gasteiger partial charge in [-0.05, 0) is 74.9 Å². The molecule has 18 heteroatoms. The van der Waals surface area contributed by atoms with Crippen molar-refractivity contribution >= 4 is 62.2 Å². The summed E-state index contributed by atoms with van der Waals surface area (Å²) < 4.78 is 14.3. The monoisotopic (exact) mass is 924 g/mol. The summed E-state index contributed by atoms with van der Waals surface area (Å²) in [5.41, 5.74) is 9.07. The first-order chi connectivity index (χ1) is 30.8. The Kier molecular flexibility index (Phi) is 15.4. The van der Waals surface area contributed by atoms with Crippen molar-refractivity contribution in [2.45, 2.75) is 97.1 Å². The molecule has 5 heterocycles. The van der Waals surface area contributed by atoms with Gasteiger partial charge in [0.05, 0.1) is 45.0 Å². The molecule has 0 spiro atoms. The Morgan fingerprint density at radius 3 is 2.63 bits per heavy atom. The third kappa shape index (κ3) is 10.7. The van der Waals surface area contributed by atoms with Crippen molar-refractivity contribution in [3.8, 4) is 22.5 Å². The molecule has 1 aromatic carbocycles. The zero-order chi connectivity index (χ0) is 47.4. The second kappa shape index (κ2) is 20.4. The summed E-state index contributed by atoms with van der Waals surface area (Å²) in [6.45, 7) is 16.8. The number of likely N-dealkylation sites (N-methyl/N-ethyl adjacent to an activating group) is 2. The molecule has 2 aliphatic heterocycles. The zero-order valence-electron chi connectivity index (χ0n) is 38.9. The molecule has 1 fully saturated rings. The highest BCUT2D eigenvalue weighted by atomic mass is 32.1. The highest BCUT2D eigenvalue weighted by molar-refractivity contribution is 7.10. The van der Waals surface area contributed by atoms with Crippen LogP contribution in [0.15, 0.2) is 54.6 Å². The first-order valence-electron chi connectivity index (χ1n) is 22.1. The normalized spacial score (nSPS) is 19.8. The van der Waals surface area contributed by atoms with Crippen LogP contribution in [0.4, 0.5) is 4.79 Å². The maximum absolute atomic E-state index is 14.7. The van der Waals surface area contributed by atoms with Crippen LogP contribution < -0.4 is 16.1 Å². The molecule has 16 nitrogen and oxygen atoms in total. The molecule has 0 saturated carbocycles. The topological polar surface area (TPSA) is 180 Å². The molecular formula is C47H62N9O7SSi. The van der Waals surface area contributed by atoms with Gasteiger partial charge in [-0.1, -0.05) is 40.3 Å². The number of fused-ring (bicyclic) bond motifs is 6. The van der Waals surface area contributed by atoms with Crippen molar-refractivity contribution in [3.63, 3.8) is 0 Å². The first kappa shape index (κ1) is 49.0. The van der Waals surface area contributed by atoms with Crippen LogP contribution in [-0.4, -0.2) is 134 Å². The molecular weight excluding hydrogens is 863 g/mol. The molecule has 1 saturated heterocycles. The van der Waals surface area contributed by atoms with Crippen molar-refractivity contribution in [1.82, 2.24) is 45.4 Å². The van der Waals surface area contributed by atoms with Crippen molar-refractivity contribution in [3.05, 3.63) is 70.8 Å². The Balaban J connectivity index is 1.41. The number of cyclic esters (lactones) is 1. The SMILES string of the molecule is C=CC(=O)NCCN(C)C(=O)N(C)[C@H](C(=O)N[C@H]1Cc2nc(cs2)-c2ccc3c(c2)c(c(-c2cccnc2[C@H](C)OC)n3CC)CC(C)(C)COC(=O)[C@@]2([Si])CCCN(N2)C1=O)C(C)C. The number of methoxy groups -OCH3 is 1. The van der Waals surface area contributed by atoms with Gasteiger partial charge < -0.3 is 34.5 Å². The summed E-state index contributed by atoms with van der Waals surface area (Å²) >= 11 is 1.38. The van der Waals surface area contributed by atoms with E-state index in [0.717, 1.165) is 50.8 Å². The quantitative estimate of drug-likeness (QED) is 0.0994. The molecule has 6 rings (SSSR count). The van der Waals surface area contributed by atoms with Crippen LogP contribution in [-0.2, 0) is 48.0 Å². The van der Waals surface area contributed by atoms with Crippen LogP contribution in [0.2, 0.25) is 0 Å². The number of benzene rings is 1. The van der Waals surface area contributed by atoms with Gasteiger partial charge in [0, 0.05) is 92.8 Å². The number of aryl methyl sites for hydroxylation is 1. The van der Waals surface area contributed by atoms with Crippen molar-refractivity contribution in [2.24, 2.45) is 11.3 Å². The van der Waals surface area contributed by atoms with Crippen LogP contribution in [0.1, 0.15) is 76.8 Å². The predicted octanol–water partition coefficient (Wildman–Crippen LogP) is 5.01. The molecule has 4 atom stereocenters. The number of nitrogens with one attached hydrogen (secondary N) is 3. The van der Waals surface area contributed by atoms with E-state index in [1.807, 2.05) is 32.2 Å². The lowest BCUT2D eigenvalue weighted by Gasteiger charge is -2.41. The fourth-order valence-corrected chi connectivity index (χ4v) is 9.94. The molecule has 6 bridgehead atoms. The number of hydrogen-bond donors (Lipinski definition) is 3. The number of urea groups is 1. The minimum atomic E-state index is -1.43. The highest BCUT2D eigenvalue weighted by Gasteiger charge is 2.44. The average Bonchev–Trinajstić information content (AvgIpc) is 3.88. The second-order valence-corrected chi connectivity index (χ2v) is 19.8. The number of rotatable bonds is 12. The average molecular weight is 925 g/mol. The van der Waals surface area contributed by atoms with Gasteiger partial charge in [0.15, 0.2) is 0 Å². The van der Waals surface area contributed by atoms with Crippen LogP contribution in [0.5, 0.6) is 0 Å². The predicted molar refractivity (Wildman–Crippen MR) is 252 cm³/mol. The maximum atomic E-state index is 14.7. The van der Waals surface area contributed by atoms with Gasteiger partial charge in [-0.2, -0.15) is 0 Å². The van der Waals surface area contributed by atoms with Gasteiger partial charge in [-0.15, -0.1) is 11.3 Å². The van der Waals surface area contributed by atoms with Crippen molar-refractivity contribution < 1.29 is 33.4 Å². The minimum absolute atomic E-state index is 0.0392. The van der Waals surface area contributed by atoms with E-state index in [1.54, 1.807) is 20.4 Å². The highest BCUT2D eigenvalue weighted by Crippen LogP contribution is 2.42. The van der Waals surface area contributed by atoms with Crippen LogP contribution in [0.3, 0.4) is 0 Å². The van der Waals surface area contributed by atoms with Gasteiger partial charge in [0.25, 0.3) is 5.91 Å². The third-order valence-electron chi connectivity index (χ3n) is 12.2. The third-order valence-corrected chi connectivity index (χ3v) is 13.6. The maximum Gasteiger partial charge on any atom is 0.323 e. The smallest absolute Gasteiger partial charge is 0.323 e. The number of carbonyl (C=O) groups excluding carboxylic acids is 5. The van der Waals surface area contributed by atoms with E-state index >= 15 is 0 Å². The van der Waals surface area contributed by atoms with Gasteiger partial charge in [-0.25, -0.2) is 15.2 Å². The fraction of sp³-hybridized carbons (Fsp3) is 0.511. The summed E-state index contributed by atoms with van der Waals surface area (Å²) in [4.78, 5) is 81.1. The van der Waals surface area contributed by atoms with E-state index in [9.17, 15) is 24.0 Å². The van der Waals surface area contributed by atoms with Crippen LogP contribution in [0, 0.1) is 11.3 Å². The molecule has 0 aliphatic carbocycles. The van der Waals surface area contributed by atoms with Gasteiger partial charge in [-0.3, -0.25) is 29.2 Å². The molecule has 5 amide bonds. The summed E-state index contributed by atoms with van der Waals surface area (Å²) in [7, 11) is 8.50. The lowest BCUT2D eigenvalue weighted by atomic mass is 9.84. The van der Waals surface area contributed by atoms with E-state index in [-0.39, 0.29) is 50.6 Å². The van der Waals surface area contributed by atoms with Crippen molar-refractivity contribution in [2.75, 3.05) is 47.4 Å². The number of esters is 1. The van der Waals surface area contributed by atoms with E-state index in [2.05, 4.69) is 82.5 Å². The number of thiazole rings is 1. The summed E-state index contributed by atoms with van der Waals surface area (Å²) in [5.74, 6) is -2.29. The molecule has 3 N–H and O–H groups in total. The Morgan fingerprint density at radius 2 is 1.94 bits per heavy atom. The fourth-order valence-electron chi connectivity index (χ4n) is 8.71. The van der Waals surface area contributed by atoms with E-state index in [4.69, 9.17) is 19.4 Å². The van der Waals surface area contributed by atoms with Gasteiger partial charge in [0.2, 0.25) is 11.8 Å². The summed E-state index contributed by atoms with van der Waals surface area (Å²) in [6, 6.07) is 7.80. The van der Waals surface area contributed by atoms with E-state index in [0.29, 0.717) is 30.8 Å². The largest absolute Gasteiger partial charge is 0.464 e. The number of ether oxygens (including phenoxy) is 2. The second-order valence-electron chi connectivity index (χ2n) is 18.0. The molecule has 65 heavy (non-hydrogen) atoms. The zero-order valence-corrected chi connectivity index (χ0v) is 40.8. The number of aromatic nitrogens is 3. The van der Waals surface area contributed by atoms with Crippen molar-refractivity contribution in [1.29, 1.82) is 0 Å². The molecule has 347 valence electrons. The molecule has 4 aromatic rings. The lowest BCUT2D eigenvalue weighted by Crippen LogP contribution is -2.67. The Labute approximate surface area is 388 Å². The summed E-state index contributed by atoms with van der Waals surface area (Å²) in [6.07, 6.45) is 4.05. The first-order valence-corrected chi connectivity index (χ1v) is 23.5. The van der Waals surface area contributed by atoms with Gasteiger partial charge >= 0.3 is 12.0 Å². The Morgan fingerprint density at radius 1 is 1.18 bits per heavy atom. The molecule has 2 aliphatic rings. The minimum Gasteiger partial charge on any atom is -0.464 e. The number of carbonyl (C=O) groups is 5. The van der Waals surface area contributed by atoms with Crippen LogP contribution >= 0.6 is 11.3 Å². The lowest BCUT2D eigenvalue weighted by molar-refractivity contribution is -0.158. The number of hydrogen-bond acceptors (Lipinski definition) is 11. The Hall–Kier alpha value is -5.43.